The first-order valence-electron chi connectivity index (χ1n) is 10.6. The molecule has 5 rings (SSSR count). The van der Waals surface area contributed by atoms with Crippen molar-refractivity contribution in [3.05, 3.63) is 84.9 Å². The Balaban J connectivity index is 1.34. The van der Waals surface area contributed by atoms with Crippen LogP contribution in [0.1, 0.15) is 12.8 Å². The highest BCUT2D eigenvalue weighted by Gasteiger charge is 2.65. The number of amides is 1. The summed E-state index contributed by atoms with van der Waals surface area (Å²) in [6, 6.07) is 25.7. The highest BCUT2D eigenvalue weighted by Crippen LogP contribution is 2.68. The summed E-state index contributed by atoms with van der Waals surface area (Å²) in [6.07, 6.45) is 0.902. The van der Waals surface area contributed by atoms with Gasteiger partial charge in [-0.05, 0) is 25.0 Å². The fourth-order valence-electron chi connectivity index (χ4n) is 4.03. The minimum Gasteiger partial charge on any atom is -0.455 e. The lowest BCUT2D eigenvalue weighted by Gasteiger charge is -2.27. The van der Waals surface area contributed by atoms with Crippen molar-refractivity contribution in [1.82, 2.24) is 4.98 Å². The Bertz CT molecular complexity index is 1290. The minimum absolute atomic E-state index is 0.442. The van der Waals surface area contributed by atoms with E-state index in [4.69, 9.17) is 4.74 Å². The largest absolute Gasteiger partial charge is 0.455 e. The predicted octanol–water partition coefficient (Wildman–Crippen LogP) is 4.32. The first-order valence-corrected chi connectivity index (χ1v) is 13.1. The molecule has 1 fully saturated rings. The average Bonchev–Trinajstić information content (AvgIpc) is 3.58. The van der Waals surface area contributed by atoms with E-state index in [1.54, 1.807) is 24.3 Å². The smallest absolute Gasteiger partial charge is 0.320 e. The van der Waals surface area contributed by atoms with Crippen molar-refractivity contribution in [1.29, 1.82) is 0 Å². The van der Waals surface area contributed by atoms with E-state index in [1.807, 2.05) is 60.7 Å². The Morgan fingerprint density at radius 2 is 1.48 bits per heavy atom. The second kappa shape index (κ2) is 8.58. The van der Waals surface area contributed by atoms with Gasteiger partial charge in [-0.15, -0.1) is 0 Å². The molecule has 166 valence electrons. The molecular formula is C25H21N2O4PS. The van der Waals surface area contributed by atoms with Crippen LogP contribution in [0.3, 0.4) is 0 Å². The number of hydrogen-bond donors (Lipinski definition) is 1. The predicted molar refractivity (Wildman–Crippen MR) is 131 cm³/mol. The van der Waals surface area contributed by atoms with Crippen LogP contribution in [0.15, 0.2) is 84.9 Å². The average molecular weight is 476 g/mol. The third-order valence-corrected chi connectivity index (χ3v) is 10.7. The third-order valence-electron chi connectivity index (χ3n) is 5.82. The number of para-hydroxylation sites is 1. The zero-order chi connectivity index (χ0) is 22.9. The summed E-state index contributed by atoms with van der Waals surface area (Å²) in [5, 5.41) is 3.21. The summed E-state index contributed by atoms with van der Waals surface area (Å²) in [5.74, 6) is -1.08. The monoisotopic (exact) mass is 476 g/mol. The molecule has 1 saturated carbocycles. The van der Waals surface area contributed by atoms with Crippen LogP contribution in [0, 0.1) is 0 Å². The van der Waals surface area contributed by atoms with Crippen molar-refractivity contribution in [3.8, 4) is 0 Å². The molecule has 6 nitrogen and oxygen atoms in total. The highest BCUT2D eigenvalue weighted by atomic mass is 32.1. The topological polar surface area (TPSA) is 85.4 Å². The van der Waals surface area contributed by atoms with Gasteiger partial charge < -0.3 is 9.30 Å². The molecule has 0 unspecified atom stereocenters. The molecule has 0 spiro atoms. The van der Waals surface area contributed by atoms with Crippen molar-refractivity contribution >= 4 is 56.3 Å². The molecule has 0 bridgehead atoms. The summed E-state index contributed by atoms with van der Waals surface area (Å²) < 4.78 is 20.9. The van der Waals surface area contributed by atoms with Crippen molar-refractivity contribution in [3.63, 3.8) is 0 Å². The van der Waals surface area contributed by atoms with Crippen LogP contribution in [0.5, 0.6) is 0 Å². The van der Waals surface area contributed by atoms with Gasteiger partial charge in [-0.2, -0.15) is 0 Å². The maximum absolute atomic E-state index is 14.6. The molecule has 1 aliphatic carbocycles. The van der Waals surface area contributed by atoms with Gasteiger partial charge in [-0.1, -0.05) is 84.1 Å². The molecule has 1 amide bonds. The van der Waals surface area contributed by atoms with Crippen molar-refractivity contribution in [2.45, 2.75) is 18.0 Å². The van der Waals surface area contributed by atoms with Crippen molar-refractivity contribution in [2.24, 2.45) is 0 Å². The molecule has 0 saturated heterocycles. The number of thiazole rings is 1. The Hall–Kier alpha value is -3.28. The normalized spacial score (nSPS) is 14.5. The van der Waals surface area contributed by atoms with Gasteiger partial charge in [0, 0.05) is 10.6 Å². The lowest BCUT2D eigenvalue weighted by molar-refractivity contribution is -0.147. The number of carbonyl (C=O) groups is 2. The Morgan fingerprint density at radius 1 is 0.909 bits per heavy atom. The van der Waals surface area contributed by atoms with Crippen LogP contribution in [0.25, 0.3) is 10.2 Å². The fraction of sp³-hybridized carbons (Fsp3) is 0.160. The summed E-state index contributed by atoms with van der Waals surface area (Å²) in [4.78, 5) is 30.0. The van der Waals surface area contributed by atoms with Gasteiger partial charge in [-0.3, -0.25) is 14.9 Å². The second-order valence-corrected chi connectivity index (χ2v) is 12.1. The molecular weight excluding hydrogens is 455 g/mol. The molecule has 0 atom stereocenters. The molecule has 1 aromatic heterocycles. The second-order valence-electron chi connectivity index (χ2n) is 7.92. The van der Waals surface area contributed by atoms with Crippen molar-refractivity contribution < 1.29 is 18.9 Å². The van der Waals surface area contributed by atoms with Gasteiger partial charge >= 0.3 is 5.97 Å². The molecule has 3 aromatic carbocycles. The van der Waals surface area contributed by atoms with E-state index in [2.05, 4.69) is 10.3 Å². The summed E-state index contributed by atoms with van der Waals surface area (Å²) in [7, 11) is -3.33. The van der Waals surface area contributed by atoms with Crippen LogP contribution >= 0.6 is 18.5 Å². The van der Waals surface area contributed by atoms with Crippen LogP contribution in [0.4, 0.5) is 5.13 Å². The number of esters is 1. The molecule has 4 aromatic rings. The van der Waals surface area contributed by atoms with Gasteiger partial charge in [0.1, 0.15) is 5.16 Å². The van der Waals surface area contributed by atoms with Crippen LogP contribution in [-0.4, -0.2) is 28.6 Å². The van der Waals surface area contributed by atoms with Crippen LogP contribution < -0.4 is 15.9 Å². The lowest BCUT2D eigenvalue weighted by Crippen LogP contribution is -2.36. The molecule has 0 radical (unpaired) electrons. The standard InChI is InChI=1S/C25H21N2O4PS/c28-22(27-24-26-20-13-7-8-14-21(20)33-24)17-31-23(29)25(15-16-25)32(30,18-9-3-1-4-10-18)19-11-5-2-6-12-19/h1-14H,15-17H2,(H,26,27,28). The molecule has 0 aliphatic heterocycles. The first kappa shape index (κ1) is 21.6. The van der Waals surface area contributed by atoms with Gasteiger partial charge in [0.2, 0.25) is 0 Å². The van der Waals surface area contributed by atoms with E-state index >= 15 is 0 Å². The first-order chi connectivity index (χ1) is 16.0. The number of nitrogens with one attached hydrogen (secondary N) is 1. The number of nitrogens with zero attached hydrogens (tertiary/aromatic N) is 1. The molecule has 1 aliphatic rings. The van der Waals surface area contributed by atoms with Gasteiger partial charge in [-0.25, -0.2) is 4.98 Å². The lowest BCUT2D eigenvalue weighted by atomic mass is 10.3. The number of aromatic nitrogens is 1. The Labute approximate surface area is 195 Å². The maximum Gasteiger partial charge on any atom is 0.320 e. The van der Waals surface area contributed by atoms with E-state index in [0.29, 0.717) is 28.6 Å². The number of fused-ring (bicyclic) bond motifs is 1. The number of benzene rings is 3. The number of rotatable bonds is 7. The third kappa shape index (κ3) is 3.88. The number of anilines is 1. The van der Waals surface area contributed by atoms with E-state index in [-0.39, 0.29) is 0 Å². The molecule has 33 heavy (non-hydrogen) atoms. The fourth-order valence-corrected chi connectivity index (χ4v) is 8.45. The highest BCUT2D eigenvalue weighted by molar-refractivity contribution is 7.81. The zero-order valence-corrected chi connectivity index (χ0v) is 19.4. The van der Waals surface area contributed by atoms with Gasteiger partial charge in [0.05, 0.1) is 10.2 Å². The van der Waals surface area contributed by atoms with Gasteiger partial charge in [0.25, 0.3) is 5.91 Å². The summed E-state index contributed by atoms with van der Waals surface area (Å²) in [6.45, 7) is -0.458. The van der Waals surface area contributed by atoms with Crippen LogP contribution in [0.2, 0.25) is 0 Å². The minimum atomic E-state index is -3.33. The number of ether oxygens (including phenoxy) is 1. The number of carbonyl (C=O) groups excluding carboxylic acids is 2. The zero-order valence-electron chi connectivity index (χ0n) is 17.6. The Kier molecular flexibility index (Phi) is 5.60. The van der Waals surface area contributed by atoms with E-state index in [0.717, 1.165) is 10.2 Å². The summed E-state index contributed by atoms with van der Waals surface area (Å²) in [5.41, 5.74) is 0.790. The van der Waals surface area contributed by atoms with E-state index in [1.165, 1.54) is 11.3 Å². The maximum atomic E-state index is 14.6. The van der Waals surface area contributed by atoms with E-state index in [9.17, 15) is 14.2 Å². The Morgan fingerprint density at radius 3 is 2.06 bits per heavy atom. The molecule has 8 heteroatoms. The SMILES string of the molecule is O=C(COC(=O)C1(P(=O)(c2ccccc2)c2ccccc2)CC1)Nc1nc2ccccc2s1. The molecule has 1 heterocycles. The van der Waals surface area contributed by atoms with E-state index < -0.39 is 30.8 Å². The van der Waals surface area contributed by atoms with Gasteiger partial charge in [0.15, 0.2) is 18.9 Å². The molecule has 1 N–H and O–H groups in total. The number of hydrogen-bond acceptors (Lipinski definition) is 6. The van der Waals surface area contributed by atoms with Crippen molar-refractivity contribution in [2.75, 3.05) is 11.9 Å². The van der Waals surface area contributed by atoms with Crippen LogP contribution in [-0.2, 0) is 18.9 Å². The summed E-state index contributed by atoms with van der Waals surface area (Å²) >= 11 is 1.35. The quantitative estimate of drug-likeness (QED) is 0.317.